The highest BCUT2D eigenvalue weighted by atomic mass is 32.2. The number of ether oxygens (including phenoxy) is 2. The molecule has 0 unspecified atom stereocenters. The van der Waals surface area contributed by atoms with E-state index in [2.05, 4.69) is 4.72 Å². The van der Waals surface area contributed by atoms with Crippen LogP contribution in [0.4, 0.5) is 5.69 Å². The molecular weight excluding hydrogens is 302 g/mol. The highest BCUT2D eigenvalue weighted by molar-refractivity contribution is 7.92. The quantitative estimate of drug-likeness (QED) is 0.887. The van der Waals surface area contributed by atoms with E-state index in [1.54, 1.807) is 50.4 Å². The summed E-state index contributed by atoms with van der Waals surface area (Å²) in [5.41, 5.74) is 1.17. The van der Waals surface area contributed by atoms with Crippen molar-refractivity contribution in [1.29, 1.82) is 0 Å². The van der Waals surface area contributed by atoms with Crippen molar-refractivity contribution >= 4 is 15.7 Å². The lowest BCUT2D eigenvalue weighted by atomic mass is 10.2. The van der Waals surface area contributed by atoms with Crippen molar-refractivity contribution in [1.82, 2.24) is 0 Å². The Morgan fingerprint density at radius 2 is 1.82 bits per heavy atom. The third-order valence-electron chi connectivity index (χ3n) is 3.11. The second kappa shape index (κ2) is 6.70. The molecule has 22 heavy (non-hydrogen) atoms. The molecule has 0 aliphatic rings. The van der Waals surface area contributed by atoms with Crippen LogP contribution in [0.1, 0.15) is 12.5 Å². The molecule has 2 aromatic rings. The van der Waals surface area contributed by atoms with Crippen molar-refractivity contribution in [2.24, 2.45) is 0 Å². The summed E-state index contributed by atoms with van der Waals surface area (Å²) >= 11 is 0. The third kappa shape index (κ3) is 3.51. The van der Waals surface area contributed by atoms with Crippen molar-refractivity contribution in [2.45, 2.75) is 18.7 Å². The van der Waals surface area contributed by atoms with E-state index in [1.165, 1.54) is 6.07 Å². The molecule has 0 spiro atoms. The molecule has 0 saturated heterocycles. The van der Waals surface area contributed by atoms with Crippen LogP contribution in [0.25, 0.3) is 0 Å². The lowest BCUT2D eigenvalue weighted by molar-refractivity contribution is 0.342. The molecule has 6 heteroatoms. The highest BCUT2D eigenvalue weighted by Crippen LogP contribution is 2.28. The smallest absolute Gasteiger partial charge is 0.262 e. The molecule has 0 aliphatic carbocycles. The van der Waals surface area contributed by atoms with Crippen molar-refractivity contribution in [3.05, 3.63) is 48.0 Å². The molecule has 0 radical (unpaired) electrons. The fraction of sp³-hybridized carbons (Fsp3) is 0.250. The Morgan fingerprint density at radius 1 is 1.09 bits per heavy atom. The molecule has 5 nitrogen and oxygen atoms in total. The molecule has 0 bridgehead atoms. The van der Waals surface area contributed by atoms with Gasteiger partial charge in [0.05, 0.1) is 24.3 Å². The van der Waals surface area contributed by atoms with Crippen molar-refractivity contribution in [3.63, 3.8) is 0 Å². The van der Waals surface area contributed by atoms with E-state index in [0.717, 1.165) is 5.56 Å². The maximum absolute atomic E-state index is 12.5. The average Bonchev–Trinajstić information content (AvgIpc) is 2.49. The fourth-order valence-electron chi connectivity index (χ4n) is 2.05. The van der Waals surface area contributed by atoms with E-state index >= 15 is 0 Å². The zero-order valence-electron chi connectivity index (χ0n) is 12.8. The first-order valence-electron chi connectivity index (χ1n) is 6.87. The summed E-state index contributed by atoms with van der Waals surface area (Å²) in [6.45, 7) is 4.10. The van der Waals surface area contributed by atoms with Crippen molar-refractivity contribution < 1.29 is 17.9 Å². The Balaban J connectivity index is 2.34. The molecule has 0 amide bonds. The number of para-hydroxylation sites is 2. The van der Waals surface area contributed by atoms with Gasteiger partial charge in [-0.15, -0.1) is 0 Å². The summed E-state index contributed by atoms with van der Waals surface area (Å²) in [4.78, 5) is 0.178. The molecule has 2 aromatic carbocycles. The minimum Gasteiger partial charge on any atom is -0.496 e. The van der Waals surface area contributed by atoms with Crippen LogP contribution < -0.4 is 14.2 Å². The van der Waals surface area contributed by atoms with Gasteiger partial charge in [0.2, 0.25) is 0 Å². The normalized spacial score (nSPS) is 11.0. The van der Waals surface area contributed by atoms with Gasteiger partial charge in [0, 0.05) is 0 Å². The number of hydrogen-bond acceptors (Lipinski definition) is 4. The SMILES string of the molecule is CCOc1ccccc1NS(=O)(=O)c1ccc(OC)c(C)c1. The number of methoxy groups -OCH3 is 1. The summed E-state index contributed by atoms with van der Waals surface area (Å²) < 4.78 is 38.1. The van der Waals surface area contributed by atoms with Crippen molar-refractivity contribution in [2.75, 3.05) is 18.4 Å². The topological polar surface area (TPSA) is 64.6 Å². The van der Waals surface area contributed by atoms with Gasteiger partial charge >= 0.3 is 0 Å². The van der Waals surface area contributed by atoms with Gasteiger partial charge in [0.25, 0.3) is 10.0 Å². The van der Waals surface area contributed by atoms with Gasteiger partial charge in [-0.3, -0.25) is 4.72 Å². The molecule has 0 saturated carbocycles. The van der Waals surface area contributed by atoms with E-state index in [4.69, 9.17) is 9.47 Å². The Labute approximate surface area is 130 Å². The van der Waals surface area contributed by atoms with Crippen molar-refractivity contribution in [3.8, 4) is 11.5 Å². The van der Waals surface area contributed by atoms with E-state index in [0.29, 0.717) is 23.8 Å². The zero-order valence-corrected chi connectivity index (χ0v) is 13.6. The van der Waals surface area contributed by atoms with Crippen LogP contribution in [0.5, 0.6) is 11.5 Å². The van der Waals surface area contributed by atoms with E-state index < -0.39 is 10.0 Å². The van der Waals surface area contributed by atoms with Gasteiger partial charge in [-0.1, -0.05) is 12.1 Å². The molecule has 1 N–H and O–H groups in total. The van der Waals surface area contributed by atoms with Crippen LogP contribution >= 0.6 is 0 Å². The monoisotopic (exact) mass is 321 g/mol. The summed E-state index contributed by atoms with van der Waals surface area (Å²) in [6.07, 6.45) is 0. The first-order chi connectivity index (χ1) is 10.5. The van der Waals surface area contributed by atoms with Gasteiger partial charge in [0.1, 0.15) is 11.5 Å². The molecular formula is C16H19NO4S. The van der Waals surface area contributed by atoms with Gasteiger partial charge in [0.15, 0.2) is 0 Å². The molecule has 0 aromatic heterocycles. The number of nitrogens with one attached hydrogen (secondary N) is 1. The van der Waals surface area contributed by atoms with E-state index in [9.17, 15) is 8.42 Å². The van der Waals surface area contributed by atoms with Gasteiger partial charge in [-0.2, -0.15) is 0 Å². The Morgan fingerprint density at radius 3 is 2.45 bits per heavy atom. The summed E-state index contributed by atoms with van der Waals surface area (Å²) in [7, 11) is -2.14. The minimum absolute atomic E-state index is 0.178. The number of rotatable bonds is 6. The lowest BCUT2D eigenvalue weighted by Gasteiger charge is -2.13. The Hall–Kier alpha value is -2.21. The summed E-state index contributed by atoms with van der Waals surface area (Å²) in [5.74, 6) is 1.15. The number of aryl methyl sites for hydroxylation is 1. The highest BCUT2D eigenvalue weighted by Gasteiger charge is 2.17. The fourth-order valence-corrected chi connectivity index (χ4v) is 3.21. The first-order valence-corrected chi connectivity index (χ1v) is 8.35. The lowest BCUT2D eigenvalue weighted by Crippen LogP contribution is -2.14. The maximum atomic E-state index is 12.5. The molecule has 0 fully saturated rings. The number of sulfonamides is 1. The maximum Gasteiger partial charge on any atom is 0.262 e. The van der Waals surface area contributed by atoms with Gasteiger partial charge in [-0.25, -0.2) is 8.42 Å². The van der Waals surface area contributed by atoms with E-state index in [-0.39, 0.29) is 4.90 Å². The van der Waals surface area contributed by atoms with Crippen LogP contribution in [0, 0.1) is 6.92 Å². The van der Waals surface area contributed by atoms with Crippen LogP contribution in [-0.4, -0.2) is 22.1 Å². The average molecular weight is 321 g/mol. The standard InChI is InChI=1S/C16H19NO4S/c1-4-21-16-8-6-5-7-14(16)17-22(18,19)13-9-10-15(20-3)12(2)11-13/h5-11,17H,4H2,1-3H3. The third-order valence-corrected chi connectivity index (χ3v) is 4.47. The molecule has 2 rings (SSSR count). The minimum atomic E-state index is -3.69. The number of anilines is 1. The van der Waals surface area contributed by atoms with E-state index in [1.807, 2.05) is 6.92 Å². The van der Waals surface area contributed by atoms with Crippen LogP contribution in [0.2, 0.25) is 0 Å². The van der Waals surface area contributed by atoms with Crippen LogP contribution in [0.15, 0.2) is 47.4 Å². The Bertz CT molecular complexity index is 756. The predicted molar refractivity (Wildman–Crippen MR) is 86.2 cm³/mol. The van der Waals surface area contributed by atoms with Gasteiger partial charge in [-0.05, 0) is 49.7 Å². The molecule has 0 aliphatic heterocycles. The van der Waals surface area contributed by atoms with Gasteiger partial charge < -0.3 is 9.47 Å². The zero-order chi connectivity index (χ0) is 16.2. The number of hydrogen-bond donors (Lipinski definition) is 1. The molecule has 118 valence electrons. The second-order valence-corrected chi connectivity index (χ2v) is 6.35. The first kappa shape index (κ1) is 16.2. The van der Waals surface area contributed by atoms with Crippen LogP contribution in [0.3, 0.4) is 0 Å². The number of benzene rings is 2. The molecule has 0 heterocycles. The summed E-state index contributed by atoms with van der Waals surface area (Å²) in [6, 6.07) is 11.7. The predicted octanol–water partition coefficient (Wildman–Crippen LogP) is 3.20. The summed E-state index contributed by atoms with van der Waals surface area (Å²) in [5, 5.41) is 0. The largest absolute Gasteiger partial charge is 0.496 e. The Kier molecular flexibility index (Phi) is 4.92. The van der Waals surface area contributed by atoms with Crippen LogP contribution in [-0.2, 0) is 10.0 Å². The second-order valence-electron chi connectivity index (χ2n) is 4.67. The molecule has 0 atom stereocenters.